The van der Waals surface area contributed by atoms with E-state index in [0.29, 0.717) is 17.5 Å². The summed E-state index contributed by atoms with van der Waals surface area (Å²) in [6.45, 7) is 3.13. The summed E-state index contributed by atoms with van der Waals surface area (Å²) in [5.74, 6) is 4.51. The maximum Gasteiger partial charge on any atom is 0.273 e. The maximum absolute atomic E-state index is 12.2. The fraction of sp³-hybridized carbons (Fsp3) is 0.765. The van der Waals surface area contributed by atoms with Crippen molar-refractivity contribution in [2.75, 3.05) is 31.1 Å². The van der Waals surface area contributed by atoms with Gasteiger partial charge in [-0.25, -0.2) is 0 Å². The Labute approximate surface area is 141 Å². The van der Waals surface area contributed by atoms with E-state index in [1.807, 2.05) is 6.07 Å². The Kier molecular flexibility index (Phi) is 4.62. The first kappa shape index (κ1) is 15.5. The van der Waals surface area contributed by atoms with Crippen LogP contribution in [0.5, 0.6) is 0 Å². The van der Waals surface area contributed by atoms with E-state index >= 15 is 0 Å². The Bertz CT molecular complexity index is 544. The van der Waals surface area contributed by atoms with Gasteiger partial charge < -0.3 is 9.84 Å². The van der Waals surface area contributed by atoms with Crippen LogP contribution in [0.2, 0.25) is 0 Å². The van der Waals surface area contributed by atoms with E-state index in [-0.39, 0.29) is 5.91 Å². The van der Waals surface area contributed by atoms with Gasteiger partial charge in [-0.2, -0.15) is 11.8 Å². The molecule has 23 heavy (non-hydrogen) atoms. The second kappa shape index (κ2) is 6.85. The van der Waals surface area contributed by atoms with Crippen LogP contribution in [0.15, 0.2) is 10.6 Å². The second-order valence-corrected chi connectivity index (χ2v) is 8.25. The number of aromatic nitrogens is 1. The van der Waals surface area contributed by atoms with Crippen LogP contribution in [0.4, 0.5) is 0 Å². The van der Waals surface area contributed by atoms with Crippen molar-refractivity contribution >= 4 is 17.7 Å². The first-order valence-electron chi connectivity index (χ1n) is 8.86. The van der Waals surface area contributed by atoms with Gasteiger partial charge in [-0.15, -0.1) is 0 Å². The van der Waals surface area contributed by atoms with Crippen molar-refractivity contribution in [3.8, 4) is 0 Å². The molecular weight excluding hydrogens is 310 g/mol. The molecule has 1 aliphatic carbocycles. The highest BCUT2D eigenvalue weighted by Crippen LogP contribution is 2.40. The number of rotatable bonds is 5. The maximum atomic E-state index is 12.2. The van der Waals surface area contributed by atoms with Crippen molar-refractivity contribution < 1.29 is 9.32 Å². The Morgan fingerprint density at radius 2 is 2.13 bits per heavy atom. The van der Waals surface area contributed by atoms with Crippen LogP contribution in [0.1, 0.15) is 54.3 Å². The van der Waals surface area contributed by atoms with E-state index in [1.54, 1.807) is 0 Å². The number of carbonyl (C=O) groups excluding carboxylic acids is 1. The van der Waals surface area contributed by atoms with Crippen molar-refractivity contribution in [2.45, 2.75) is 44.1 Å². The fourth-order valence-corrected chi connectivity index (χ4v) is 4.87. The highest BCUT2D eigenvalue weighted by atomic mass is 32.2. The van der Waals surface area contributed by atoms with Crippen molar-refractivity contribution in [2.24, 2.45) is 5.92 Å². The lowest BCUT2D eigenvalue weighted by atomic mass is 9.95. The minimum absolute atomic E-state index is 0.0877. The summed E-state index contributed by atoms with van der Waals surface area (Å²) >= 11 is 2.08. The van der Waals surface area contributed by atoms with Crippen LogP contribution in [0.3, 0.4) is 0 Å². The molecule has 2 saturated heterocycles. The Morgan fingerprint density at radius 3 is 2.83 bits per heavy atom. The summed E-state index contributed by atoms with van der Waals surface area (Å²) in [6.07, 6.45) is 6.05. The number of hydrogen-bond donors (Lipinski definition) is 1. The van der Waals surface area contributed by atoms with Gasteiger partial charge in [-0.1, -0.05) is 5.16 Å². The van der Waals surface area contributed by atoms with Crippen LogP contribution >= 0.6 is 11.8 Å². The summed E-state index contributed by atoms with van der Waals surface area (Å²) in [7, 11) is 0. The van der Waals surface area contributed by atoms with Gasteiger partial charge in [0.25, 0.3) is 5.91 Å². The fourth-order valence-electron chi connectivity index (χ4n) is 3.62. The molecule has 4 rings (SSSR count). The molecule has 1 aromatic heterocycles. The predicted octanol–water partition coefficient (Wildman–Crippen LogP) is 2.50. The summed E-state index contributed by atoms with van der Waals surface area (Å²) in [5.41, 5.74) is 0.437. The molecule has 2 aliphatic heterocycles. The van der Waals surface area contributed by atoms with Gasteiger partial charge in [0.05, 0.1) is 0 Å². The first-order valence-corrected chi connectivity index (χ1v) is 10.0. The first-order chi connectivity index (χ1) is 11.3. The molecule has 6 heteroatoms. The normalized spacial score (nSPS) is 26.5. The highest BCUT2D eigenvalue weighted by molar-refractivity contribution is 7.99. The Hall–Kier alpha value is -1.01. The third kappa shape index (κ3) is 3.74. The Balaban J connectivity index is 1.21. The van der Waals surface area contributed by atoms with E-state index in [1.165, 1.54) is 43.9 Å². The van der Waals surface area contributed by atoms with Gasteiger partial charge in [0.15, 0.2) is 5.69 Å². The standard InChI is InChI=1S/C17H25N3O2S/c21-17(15-9-16(22-19-15)13-1-2-13)18-10-12-3-6-20(7-4-12)14-5-8-23-11-14/h9,12-14H,1-8,10-11H2,(H,18,21)/t14-/m0/s1. The number of thioether (sulfide) groups is 1. The van der Waals surface area contributed by atoms with Gasteiger partial charge in [-0.3, -0.25) is 9.69 Å². The zero-order chi connectivity index (χ0) is 15.6. The van der Waals surface area contributed by atoms with Gasteiger partial charge in [-0.05, 0) is 56.9 Å². The van der Waals surface area contributed by atoms with Crippen molar-refractivity contribution in [3.05, 3.63) is 17.5 Å². The van der Waals surface area contributed by atoms with E-state index in [2.05, 4.69) is 27.1 Å². The van der Waals surface area contributed by atoms with E-state index in [9.17, 15) is 4.79 Å². The van der Waals surface area contributed by atoms with Crippen molar-refractivity contribution in [3.63, 3.8) is 0 Å². The number of piperidine rings is 1. The van der Waals surface area contributed by atoms with Gasteiger partial charge >= 0.3 is 0 Å². The average molecular weight is 335 g/mol. The van der Waals surface area contributed by atoms with Gasteiger partial charge in [0.1, 0.15) is 5.76 Å². The third-order valence-electron chi connectivity index (χ3n) is 5.36. The van der Waals surface area contributed by atoms with Crippen LogP contribution in [0, 0.1) is 5.92 Å². The zero-order valence-electron chi connectivity index (χ0n) is 13.5. The summed E-state index contributed by atoms with van der Waals surface area (Å²) in [4.78, 5) is 14.8. The number of carbonyl (C=O) groups is 1. The molecule has 0 aromatic carbocycles. The van der Waals surface area contributed by atoms with Crippen molar-refractivity contribution in [1.29, 1.82) is 0 Å². The molecule has 0 unspecified atom stereocenters. The minimum atomic E-state index is -0.0877. The number of amides is 1. The van der Waals surface area contributed by atoms with Gasteiger partial charge in [0, 0.05) is 30.3 Å². The number of hydrogen-bond acceptors (Lipinski definition) is 5. The van der Waals surface area contributed by atoms with Crippen LogP contribution in [-0.2, 0) is 0 Å². The zero-order valence-corrected chi connectivity index (χ0v) is 14.3. The SMILES string of the molecule is O=C(NCC1CCN([C@H]2CCSC2)CC1)c1cc(C2CC2)on1. The van der Waals surface area contributed by atoms with E-state index in [4.69, 9.17) is 4.52 Å². The predicted molar refractivity (Wildman–Crippen MR) is 90.8 cm³/mol. The van der Waals surface area contributed by atoms with Crippen LogP contribution in [-0.4, -0.2) is 53.1 Å². The molecule has 1 saturated carbocycles. The van der Waals surface area contributed by atoms with Crippen molar-refractivity contribution in [1.82, 2.24) is 15.4 Å². The van der Waals surface area contributed by atoms with E-state index in [0.717, 1.165) is 31.2 Å². The quantitative estimate of drug-likeness (QED) is 0.896. The molecule has 1 aromatic rings. The number of likely N-dealkylation sites (tertiary alicyclic amines) is 1. The van der Waals surface area contributed by atoms with Crippen LogP contribution in [0.25, 0.3) is 0 Å². The molecule has 3 fully saturated rings. The lowest BCUT2D eigenvalue weighted by Crippen LogP contribution is -2.43. The lowest BCUT2D eigenvalue weighted by Gasteiger charge is -2.35. The highest BCUT2D eigenvalue weighted by Gasteiger charge is 2.30. The third-order valence-corrected chi connectivity index (χ3v) is 6.51. The van der Waals surface area contributed by atoms with E-state index < -0.39 is 0 Å². The molecule has 1 amide bonds. The largest absolute Gasteiger partial charge is 0.360 e. The molecule has 0 radical (unpaired) electrons. The Morgan fingerprint density at radius 1 is 1.30 bits per heavy atom. The molecule has 0 bridgehead atoms. The summed E-state index contributed by atoms with van der Waals surface area (Å²) in [5, 5.41) is 6.95. The smallest absolute Gasteiger partial charge is 0.273 e. The summed E-state index contributed by atoms with van der Waals surface area (Å²) < 4.78 is 5.25. The minimum Gasteiger partial charge on any atom is -0.360 e. The van der Waals surface area contributed by atoms with Crippen LogP contribution < -0.4 is 5.32 Å². The second-order valence-electron chi connectivity index (χ2n) is 7.10. The lowest BCUT2D eigenvalue weighted by molar-refractivity contribution is 0.0919. The molecule has 1 N–H and O–H groups in total. The van der Waals surface area contributed by atoms with Gasteiger partial charge in [0.2, 0.25) is 0 Å². The molecule has 3 aliphatic rings. The summed E-state index contributed by atoms with van der Waals surface area (Å²) in [6, 6.07) is 2.61. The molecule has 1 atom stereocenters. The topological polar surface area (TPSA) is 58.4 Å². The molecule has 0 spiro atoms. The molecule has 126 valence electrons. The molecule has 5 nitrogen and oxygen atoms in total. The number of nitrogens with one attached hydrogen (secondary N) is 1. The molecular formula is C17H25N3O2S. The molecule has 3 heterocycles. The monoisotopic (exact) mass is 335 g/mol. The number of nitrogens with zero attached hydrogens (tertiary/aromatic N) is 2. The average Bonchev–Trinajstić information content (AvgIpc) is 3.10.